The highest BCUT2D eigenvalue weighted by Crippen LogP contribution is 2.36. The molecule has 19 heavy (non-hydrogen) atoms. The van der Waals surface area contributed by atoms with E-state index in [9.17, 15) is 13.2 Å². The van der Waals surface area contributed by atoms with Crippen molar-refractivity contribution in [2.24, 2.45) is 0 Å². The molecule has 5 heteroatoms. The molecular weight excluding hydrogens is 319 g/mol. The molecule has 0 heterocycles. The normalized spacial score (nSPS) is 13.4. The Balaban J connectivity index is 2.78. The van der Waals surface area contributed by atoms with Crippen molar-refractivity contribution in [3.8, 4) is 0 Å². The Bertz CT molecular complexity index is 404. The maximum atomic E-state index is 12.9. The molecule has 1 rings (SSSR count). The van der Waals surface area contributed by atoms with Gasteiger partial charge in [-0.1, -0.05) is 42.1 Å². The van der Waals surface area contributed by atoms with Gasteiger partial charge in [0, 0.05) is 16.2 Å². The van der Waals surface area contributed by atoms with E-state index < -0.39 is 11.7 Å². The summed E-state index contributed by atoms with van der Waals surface area (Å²) >= 11 is 3.21. The molecule has 0 amide bonds. The summed E-state index contributed by atoms with van der Waals surface area (Å²) in [6.45, 7) is 4.02. The van der Waals surface area contributed by atoms with Gasteiger partial charge in [-0.3, -0.25) is 0 Å². The van der Waals surface area contributed by atoms with Gasteiger partial charge in [-0.2, -0.15) is 13.2 Å². The van der Waals surface area contributed by atoms with E-state index in [0.717, 1.165) is 31.7 Å². The average molecular weight is 338 g/mol. The Labute approximate surface area is 120 Å². The first-order chi connectivity index (χ1) is 8.84. The molecule has 0 bridgehead atoms. The average Bonchev–Trinajstić information content (AvgIpc) is 2.27. The smallest absolute Gasteiger partial charge is 0.382 e. The van der Waals surface area contributed by atoms with Gasteiger partial charge in [-0.15, -0.1) is 0 Å². The number of nitrogens with one attached hydrogen (secondary N) is 1. The fourth-order valence-electron chi connectivity index (χ4n) is 1.92. The van der Waals surface area contributed by atoms with Crippen LogP contribution >= 0.6 is 15.9 Å². The van der Waals surface area contributed by atoms with Crippen molar-refractivity contribution in [3.05, 3.63) is 28.2 Å². The van der Waals surface area contributed by atoms with Crippen LogP contribution in [-0.2, 0) is 6.18 Å². The molecule has 108 valence electrons. The van der Waals surface area contributed by atoms with Gasteiger partial charge >= 0.3 is 6.18 Å². The molecule has 0 aliphatic heterocycles. The minimum Gasteiger partial charge on any atom is -0.382 e. The summed E-state index contributed by atoms with van der Waals surface area (Å²) in [6.07, 6.45) is -0.210. The molecule has 0 spiro atoms. The van der Waals surface area contributed by atoms with Crippen molar-refractivity contribution < 1.29 is 13.2 Å². The lowest BCUT2D eigenvalue weighted by Gasteiger charge is -2.19. The highest BCUT2D eigenvalue weighted by molar-refractivity contribution is 9.10. The number of hydrogen-bond donors (Lipinski definition) is 1. The molecule has 0 aliphatic rings. The second-order valence-corrected chi connectivity index (χ2v) is 5.64. The zero-order valence-electron chi connectivity index (χ0n) is 11.1. The van der Waals surface area contributed by atoms with Crippen LogP contribution in [0.15, 0.2) is 22.7 Å². The van der Waals surface area contributed by atoms with Gasteiger partial charge in [-0.05, 0) is 31.5 Å². The number of unbranched alkanes of at least 4 members (excludes halogenated alkanes) is 2. The van der Waals surface area contributed by atoms with Gasteiger partial charge in [0.05, 0.1) is 5.56 Å². The summed E-state index contributed by atoms with van der Waals surface area (Å²) < 4.78 is 39.3. The van der Waals surface area contributed by atoms with Crippen LogP contribution in [0.3, 0.4) is 0 Å². The molecule has 0 saturated carbocycles. The van der Waals surface area contributed by atoms with Crippen LogP contribution < -0.4 is 5.32 Å². The highest BCUT2D eigenvalue weighted by Gasteiger charge is 2.33. The van der Waals surface area contributed by atoms with Gasteiger partial charge in [0.2, 0.25) is 0 Å². The molecule has 0 aromatic heterocycles. The first-order valence-electron chi connectivity index (χ1n) is 6.48. The third-order valence-corrected chi connectivity index (χ3v) is 3.42. The number of rotatable bonds is 6. The van der Waals surface area contributed by atoms with Gasteiger partial charge in [0.1, 0.15) is 0 Å². The molecule has 1 aromatic carbocycles. The summed E-state index contributed by atoms with van der Waals surface area (Å²) in [6, 6.07) is 4.03. The van der Waals surface area contributed by atoms with Crippen molar-refractivity contribution >= 4 is 21.6 Å². The lowest BCUT2D eigenvalue weighted by Crippen LogP contribution is -2.18. The third kappa shape index (κ3) is 5.43. The monoisotopic (exact) mass is 337 g/mol. The first-order valence-corrected chi connectivity index (χ1v) is 7.27. The van der Waals surface area contributed by atoms with Crippen LogP contribution in [0.25, 0.3) is 0 Å². The molecule has 1 aromatic rings. The van der Waals surface area contributed by atoms with E-state index in [1.807, 2.05) is 6.92 Å². The Morgan fingerprint density at radius 3 is 2.53 bits per heavy atom. The largest absolute Gasteiger partial charge is 0.418 e. The Morgan fingerprint density at radius 2 is 1.95 bits per heavy atom. The lowest BCUT2D eigenvalue weighted by atomic mass is 10.1. The van der Waals surface area contributed by atoms with Gasteiger partial charge < -0.3 is 5.32 Å². The van der Waals surface area contributed by atoms with E-state index in [2.05, 4.69) is 28.2 Å². The SMILES string of the molecule is CCCCCC(C)Nc1cc(Br)ccc1C(F)(F)F. The minimum absolute atomic E-state index is 0.0296. The quantitative estimate of drug-likeness (QED) is 0.642. The van der Waals surface area contributed by atoms with E-state index in [1.165, 1.54) is 12.1 Å². The fourth-order valence-corrected chi connectivity index (χ4v) is 2.28. The van der Waals surface area contributed by atoms with E-state index in [4.69, 9.17) is 0 Å². The topological polar surface area (TPSA) is 12.0 Å². The van der Waals surface area contributed by atoms with Crippen molar-refractivity contribution in [1.29, 1.82) is 0 Å². The second kappa shape index (κ2) is 7.17. The summed E-state index contributed by atoms with van der Waals surface area (Å²) in [5, 5.41) is 2.97. The van der Waals surface area contributed by atoms with Crippen molar-refractivity contribution in [2.45, 2.75) is 51.7 Å². The molecule has 0 saturated heterocycles. The predicted molar refractivity (Wildman–Crippen MR) is 76.4 cm³/mol. The maximum Gasteiger partial charge on any atom is 0.418 e. The zero-order valence-corrected chi connectivity index (χ0v) is 12.7. The Hall–Kier alpha value is -0.710. The fraction of sp³-hybridized carbons (Fsp3) is 0.571. The summed E-state index contributed by atoms with van der Waals surface area (Å²) in [5.74, 6) is 0. The van der Waals surface area contributed by atoms with Crippen molar-refractivity contribution in [2.75, 3.05) is 5.32 Å². The third-order valence-electron chi connectivity index (χ3n) is 2.93. The van der Waals surface area contributed by atoms with Crippen LogP contribution in [0.4, 0.5) is 18.9 Å². The van der Waals surface area contributed by atoms with E-state index in [-0.39, 0.29) is 11.7 Å². The number of anilines is 1. The van der Waals surface area contributed by atoms with Crippen LogP contribution in [0.2, 0.25) is 0 Å². The highest BCUT2D eigenvalue weighted by atomic mass is 79.9. The van der Waals surface area contributed by atoms with Crippen LogP contribution in [0.5, 0.6) is 0 Å². The molecule has 0 radical (unpaired) electrons. The van der Waals surface area contributed by atoms with Gasteiger partial charge in [-0.25, -0.2) is 0 Å². The Morgan fingerprint density at radius 1 is 1.26 bits per heavy atom. The zero-order chi connectivity index (χ0) is 14.5. The number of halogens is 4. The molecule has 0 aliphatic carbocycles. The number of benzene rings is 1. The van der Waals surface area contributed by atoms with Gasteiger partial charge in [0.25, 0.3) is 0 Å². The number of alkyl halides is 3. The van der Waals surface area contributed by atoms with Crippen molar-refractivity contribution in [1.82, 2.24) is 0 Å². The molecule has 0 fully saturated rings. The van der Waals surface area contributed by atoms with Crippen LogP contribution in [-0.4, -0.2) is 6.04 Å². The number of hydrogen-bond acceptors (Lipinski definition) is 1. The molecule has 1 unspecified atom stereocenters. The van der Waals surface area contributed by atoms with E-state index in [1.54, 1.807) is 0 Å². The minimum atomic E-state index is -4.33. The summed E-state index contributed by atoms with van der Waals surface area (Å²) in [7, 11) is 0. The summed E-state index contributed by atoms with van der Waals surface area (Å²) in [5.41, 5.74) is -0.469. The maximum absolute atomic E-state index is 12.9. The molecule has 1 atom stereocenters. The van der Waals surface area contributed by atoms with Gasteiger partial charge in [0.15, 0.2) is 0 Å². The standard InChI is InChI=1S/C14H19BrF3N/c1-3-4-5-6-10(2)19-13-9-11(15)7-8-12(13)14(16,17)18/h7-10,19H,3-6H2,1-2H3. The van der Waals surface area contributed by atoms with Crippen LogP contribution in [0.1, 0.15) is 45.1 Å². The molecule has 1 N–H and O–H groups in total. The summed E-state index contributed by atoms with van der Waals surface area (Å²) in [4.78, 5) is 0. The second-order valence-electron chi connectivity index (χ2n) is 4.73. The van der Waals surface area contributed by atoms with E-state index in [0.29, 0.717) is 4.47 Å². The van der Waals surface area contributed by atoms with Crippen LogP contribution in [0, 0.1) is 0 Å². The lowest BCUT2D eigenvalue weighted by molar-refractivity contribution is -0.137. The Kier molecular flexibility index (Phi) is 6.17. The molecule has 1 nitrogen and oxygen atoms in total. The predicted octanol–water partition coefficient (Wildman–Crippen LogP) is 5.85. The first kappa shape index (κ1) is 16.3. The van der Waals surface area contributed by atoms with Crippen molar-refractivity contribution in [3.63, 3.8) is 0 Å². The molecular formula is C14H19BrF3N. The van der Waals surface area contributed by atoms with E-state index >= 15 is 0 Å².